The van der Waals surface area contributed by atoms with E-state index < -0.39 is 0 Å². The molecule has 23 heavy (non-hydrogen) atoms. The van der Waals surface area contributed by atoms with Crippen LogP contribution in [-0.4, -0.2) is 9.55 Å². The van der Waals surface area contributed by atoms with E-state index in [-0.39, 0.29) is 0 Å². The van der Waals surface area contributed by atoms with Gasteiger partial charge in [0, 0.05) is 13.0 Å². The standard InChI is InChI=1S/C21H26N2/c1-3-4-5-10-15-23-20-14-9-8-13-19(20)22-21(23)16-18-12-7-6-11-17(18)2/h6-9,11-14H,3-5,10,15-16H2,1-2H3. The molecule has 0 bridgehead atoms. The van der Waals surface area contributed by atoms with Gasteiger partial charge in [0.05, 0.1) is 11.0 Å². The number of nitrogens with zero attached hydrogens (tertiary/aromatic N) is 2. The van der Waals surface area contributed by atoms with Crippen molar-refractivity contribution in [1.29, 1.82) is 0 Å². The second-order valence-electron chi connectivity index (χ2n) is 6.33. The molecule has 2 nitrogen and oxygen atoms in total. The van der Waals surface area contributed by atoms with E-state index in [1.54, 1.807) is 0 Å². The van der Waals surface area contributed by atoms with Gasteiger partial charge in [-0.2, -0.15) is 0 Å². The molecule has 3 rings (SSSR count). The van der Waals surface area contributed by atoms with Gasteiger partial charge in [-0.1, -0.05) is 62.6 Å². The van der Waals surface area contributed by atoms with Crippen molar-refractivity contribution in [2.75, 3.05) is 0 Å². The van der Waals surface area contributed by atoms with Crippen LogP contribution >= 0.6 is 0 Å². The fourth-order valence-corrected chi connectivity index (χ4v) is 3.19. The largest absolute Gasteiger partial charge is 0.328 e. The first-order chi connectivity index (χ1) is 11.3. The highest BCUT2D eigenvalue weighted by molar-refractivity contribution is 5.76. The monoisotopic (exact) mass is 306 g/mol. The molecule has 0 unspecified atom stereocenters. The van der Waals surface area contributed by atoms with Gasteiger partial charge in [-0.3, -0.25) is 0 Å². The minimum atomic E-state index is 0.912. The first-order valence-corrected chi connectivity index (χ1v) is 8.78. The zero-order valence-electron chi connectivity index (χ0n) is 14.3. The van der Waals surface area contributed by atoms with E-state index in [1.807, 2.05) is 0 Å². The summed E-state index contributed by atoms with van der Waals surface area (Å²) in [5.41, 5.74) is 5.11. The Kier molecular flexibility index (Phi) is 5.12. The summed E-state index contributed by atoms with van der Waals surface area (Å²) < 4.78 is 2.43. The Morgan fingerprint density at radius 1 is 0.913 bits per heavy atom. The number of aromatic nitrogens is 2. The van der Waals surface area contributed by atoms with E-state index in [9.17, 15) is 0 Å². The molecule has 0 saturated heterocycles. The number of aryl methyl sites for hydroxylation is 2. The number of fused-ring (bicyclic) bond motifs is 1. The lowest BCUT2D eigenvalue weighted by Crippen LogP contribution is -2.05. The molecule has 0 fully saturated rings. The smallest absolute Gasteiger partial charge is 0.114 e. The van der Waals surface area contributed by atoms with Crippen molar-refractivity contribution in [3.8, 4) is 0 Å². The van der Waals surface area contributed by atoms with Crippen molar-refractivity contribution < 1.29 is 0 Å². The van der Waals surface area contributed by atoms with Crippen molar-refractivity contribution in [3.63, 3.8) is 0 Å². The van der Waals surface area contributed by atoms with Crippen LogP contribution < -0.4 is 0 Å². The third-order valence-electron chi connectivity index (χ3n) is 4.58. The van der Waals surface area contributed by atoms with E-state index in [4.69, 9.17) is 4.98 Å². The fourth-order valence-electron chi connectivity index (χ4n) is 3.19. The highest BCUT2D eigenvalue weighted by atomic mass is 15.1. The second kappa shape index (κ2) is 7.45. The highest BCUT2D eigenvalue weighted by Crippen LogP contribution is 2.21. The minimum Gasteiger partial charge on any atom is -0.328 e. The van der Waals surface area contributed by atoms with E-state index in [0.717, 1.165) is 18.5 Å². The predicted molar refractivity (Wildman–Crippen MR) is 97.9 cm³/mol. The van der Waals surface area contributed by atoms with Crippen LogP contribution in [0.15, 0.2) is 48.5 Å². The third-order valence-corrected chi connectivity index (χ3v) is 4.58. The highest BCUT2D eigenvalue weighted by Gasteiger charge is 2.11. The molecule has 0 spiro atoms. The lowest BCUT2D eigenvalue weighted by Gasteiger charge is -2.10. The minimum absolute atomic E-state index is 0.912. The van der Waals surface area contributed by atoms with Crippen molar-refractivity contribution in [3.05, 3.63) is 65.5 Å². The van der Waals surface area contributed by atoms with Crippen LogP contribution in [0.2, 0.25) is 0 Å². The lowest BCUT2D eigenvalue weighted by molar-refractivity contribution is 0.578. The summed E-state index contributed by atoms with van der Waals surface area (Å²) in [5, 5.41) is 0. The summed E-state index contributed by atoms with van der Waals surface area (Å²) in [6.45, 7) is 5.52. The van der Waals surface area contributed by atoms with Gasteiger partial charge in [-0.05, 0) is 36.6 Å². The summed E-state index contributed by atoms with van der Waals surface area (Å²) in [5.74, 6) is 1.19. The maximum Gasteiger partial charge on any atom is 0.114 e. The molecule has 0 saturated carbocycles. The summed E-state index contributed by atoms with van der Waals surface area (Å²) in [6.07, 6.45) is 6.04. The predicted octanol–water partition coefficient (Wildman–Crippen LogP) is 5.52. The second-order valence-corrected chi connectivity index (χ2v) is 6.33. The van der Waals surface area contributed by atoms with Crippen LogP contribution in [0.1, 0.15) is 49.6 Å². The van der Waals surface area contributed by atoms with Gasteiger partial charge in [0.15, 0.2) is 0 Å². The molecule has 0 amide bonds. The fraction of sp³-hybridized carbons (Fsp3) is 0.381. The first-order valence-electron chi connectivity index (χ1n) is 8.78. The Morgan fingerprint density at radius 2 is 1.70 bits per heavy atom. The van der Waals surface area contributed by atoms with E-state index in [2.05, 4.69) is 66.9 Å². The molecule has 2 aromatic carbocycles. The number of unbranched alkanes of at least 4 members (excludes halogenated alkanes) is 3. The van der Waals surface area contributed by atoms with Crippen molar-refractivity contribution >= 4 is 11.0 Å². The van der Waals surface area contributed by atoms with Gasteiger partial charge in [-0.25, -0.2) is 4.98 Å². The molecule has 2 heteroatoms. The molecule has 3 aromatic rings. The Bertz CT molecular complexity index is 770. The average molecular weight is 306 g/mol. The Labute approximate surface area is 139 Å². The maximum atomic E-state index is 4.91. The molecule has 0 radical (unpaired) electrons. The van der Waals surface area contributed by atoms with E-state index in [1.165, 1.54) is 48.2 Å². The summed E-state index contributed by atoms with van der Waals surface area (Å²) in [6, 6.07) is 17.1. The summed E-state index contributed by atoms with van der Waals surface area (Å²) >= 11 is 0. The average Bonchev–Trinajstić information content (AvgIpc) is 2.91. The first kappa shape index (κ1) is 15.8. The van der Waals surface area contributed by atoms with Gasteiger partial charge < -0.3 is 4.57 Å². The van der Waals surface area contributed by atoms with Crippen molar-refractivity contribution in [2.24, 2.45) is 0 Å². The Morgan fingerprint density at radius 3 is 2.52 bits per heavy atom. The molecule has 0 aliphatic rings. The Balaban J connectivity index is 1.90. The zero-order valence-corrected chi connectivity index (χ0v) is 14.3. The molecule has 0 aliphatic heterocycles. The van der Waals surface area contributed by atoms with Crippen LogP contribution in [-0.2, 0) is 13.0 Å². The SMILES string of the molecule is CCCCCCn1c(Cc2ccccc2C)nc2ccccc21. The van der Waals surface area contributed by atoms with E-state index in [0.29, 0.717) is 0 Å². The number of imidazole rings is 1. The molecule has 0 atom stereocenters. The number of rotatable bonds is 7. The van der Waals surface area contributed by atoms with Crippen molar-refractivity contribution in [2.45, 2.75) is 52.5 Å². The van der Waals surface area contributed by atoms with Crippen LogP contribution in [0.4, 0.5) is 0 Å². The van der Waals surface area contributed by atoms with E-state index >= 15 is 0 Å². The molecule has 1 aromatic heterocycles. The van der Waals surface area contributed by atoms with Gasteiger partial charge in [0.2, 0.25) is 0 Å². The normalized spacial score (nSPS) is 11.2. The van der Waals surface area contributed by atoms with Gasteiger partial charge >= 0.3 is 0 Å². The number of benzene rings is 2. The van der Waals surface area contributed by atoms with Crippen LogP contribution in [0, 0.1) is 6.92 Å². The maximum absolute atomic E-state index is 4.91. The summed E-state index contributed by atoms with van der Waals surface area (Å²) in [4.78, 5) is 4.91. The number of para-hydroxylation sites is 2. The molecule has 0 aliphatic carbocycles. The molecular formula is C21H26N2. The molecule has 1 heterocycles. The zero-order chi connectivity index (χ0) is 16.1. The van der Waals surface area contributed by atoms with Crippen LogP contribution in [0.3, 0.4) is 0 Å². The van der Waals surface area contributed by atoms with Crippen LogP contribution in [0.5, 0.6) is 0 Å². The lowest BCUT2D eigenvalue weighted by atomic mass is 10.1. The van der Waals surface area contributed by atoms with Gasteiger partial charge in [-0.15, -0.1) is 0 Å². The Hall–Kier alpha value is -2.09. The van der Waals surface area contributed by atoms with Crippen molar-refractivity contribution in [1.82, 2.24) is 9.55 Å². The third kappa shape index (κ3) is 3.64. The molecule has 0 N–H and O–H groups in total. The molecule has 120 valence electrons. The van der Waals surface area contributed by atoms with Crippen LogP contribution in [0.25, 0.3) is 11.0 Å². The topological polar surface area (TPSA) is 17.8 Å². The quantitative estimate of drug-likeness (QED) is 0.526. The van der Waals surface area contributed by atoms with Gasteiger partial charge in [0.1, 0.15) is 5.82 Å². The summed E-state index contributed by atoms with van der Waals surface area (Å²) in [7, 11) is 0. The molecular weight excluding hydrogens is 280 g/mol. The number of hydrogen-bond acceptors (Lipinski definition) is 1. The van der Waals surface area contributed by atoms with Gasteiger partial charge in [0.25, 0.3) is 0 Å². The number of hydrogen-bond donors (Lipinski definition) is 0.